The minimum atomic E-state index is -2.99. The van der Waals surface area contributed by atoms with E-state index in [1.54, 1.807) is 0 Å². The predicted molar refractivity (Wildman–Crippen MR) is 103 cm³/mol. The van der Waals surface area contributed by atoms with Crippen LogP contribution in [0, 0.1) is 10.1 Å². The minimum Gasteiger partial charge on any atom is -0.502 e. The van der Waals surface area contributed by atoms with E-state index in [0.29, 0.717) is 0 Å². The average molecular weight is 446 g/mol. The number of hydroxylamine groups is 2. The summed E-state index contributed by atoms with van der Waals surface area (Å²) in [5.74, 6) is -3.02. The molecule has 12 nitrogen and oxygen atoms in total. The fraction of sp³-hybridized carbons (Fsp3) is 0.588. The number of phenolic OH excluding ortho intramolecular Hbond substituents is 1. The van der Waals surface area contributed by atoms with Gasteiger partial charge in [0, 0.05) is 6.07 Å². The van der Waals surface area contributed by atoms with E-state index >= 15 is 0 Å². The number of hydrogen-bond acceptors (Lipinski definition) is 10. The highest BCUT2D eigenvalue weighted by Crippen LogP contribution is 2.46. The Labute approximate surface area is 173 Å². The van der Waals surface area contributed by atoms with Crippen LogP contribution in [0.15, 0.2) is 12.1 Å². The molecule has 0 aliphatic carbocycles. The zero-order valence-electron chi connectivity index (χ0n) is 17.2. The van der Waals surface area contributed by atoms with Crippen LogP contribution in [0.4, 0.5) is 5.69 Å². The van der Waals surface area contributed by atoms with E-state index in [2.05, 4.69) is 0 Å². The first-order chi connectivity index (χ1) is 13.6. The molecule has 2 rings (SSSR count). The van der Waals surface area contributed by atoms with Crippen molar-refractivity contribution in [1.29, 1.82) is 0 Å². The number of nitro groups is 1. The molecule has 3 atom stereocenters. The maximum absolute atomic E-state index is 12.0. The second kappa shape index (κ2) is 7.85. The highest BCUT2D eigenvalue weighted by Gasteiger charge is 2.61. The van der Waals surface area contributed by atoms with Gasteiger partial charge in [-0.05, 0) is 29.8 Å². The number of aliphatic hydroxyl groups is 2. The Kier molecular flexibility index (Phi) is 6.31. The molecule has 13 heteroatoms. The molecular weight excluding hydrogens is 420 g/mol. The van der Waals surface area contributed by atoms with Crippen LogP contribution in [0.25, 0.3) is 0 Å². The normalized spacial score (nSPS) is 25.5. The van der Waals surface area contributed by atoms with Gasteiger partial charge in [-0.3, -0.25) is 10.1 Å². The van der Waals surface area contributed by atoms with Crippen LogP contribution in [-0.2, 0) is 26.3 Å². The molecule has 0 radical (unpaired) electrons. The molecule has 1 aromatic carbocycles. The van der Waals surface area contributed by atoms with Crippen LogP contribution in [0.2, 0.25) is 18.1 Å². The molecule has 168 valence electrons. The molecule has 1 saturated heterocycles. The van der Waals surface area contributed by atoms with Crippen LogP contribution in [0.5, 0.6) is 5.75 Å². The number of carbonyl (C=O) groups is 1. The van der Waals surface area contributed by atoms with Crippen molar-refractivity contribution < 1.29 is 44.5 Å². The average Bonchev–Trinajstić information content (AvgIpc) is 2.84. The van der Waals surface area contributed by atoms with Gasteiger partial charge in [-0.1, -0.05) is 20.8 Å². The molecule has 1 aromatic rings. The number of ether oxygens (including phenoxy) is 1. The summed E-state index contributed by atoms with van der Waals surface area (Å²) in [6, 6.07) is 2.07. The lowest BCUT2D eigenvalue weighted by molar-refractivity contribution is -0.386. The molecule has 30 heavy (non-hydrogen) atoms. The Morgan fingerprint density at radius 2 is 1.93 bits per heavy atom. The third-order valence-corrected chi connectivity index (χ3v) is 10.0. The van der Waals surface area contributed by atoms with Crippen molar-refractivity contribution in [2.24, 2.45) is 0 Å². The topological polar surface area (TPSA) is 183 Å². The first-order valence-electron chi connectivity index (χ1n) is 8.96. The molecule has 0 amide bonds. The molecule has 5 N–H and O–H groups in total. The van der Waals surface area contributed by atoms with Crippen LogP contribution in [0.1, 0.15) is 31.9 Å². The number of carboxylic acids is 1. The van der Waals surface area contributed by atoms with Crippen molar-refractivity contribution in [2.75, 3.05) is 0 Å². The van der Waals surface area contributed by atoms with E-state index < -0.39 is 54.5 Å². The lowest BCUT2D eigenvalue weighted by Gasteiger charge is -2.36. The van der Waals surface area contributed by atoms with E-state index in [1.807, 2.05) is 33.9 Å². The van der Waals surface area contributed by atoms with Crippen molar-refractivity contribution in [1.82, 2.24) is 5.06 Å². The number of nitro benzene ring substituents is 1. The number of benzene rings is 1. The third kappa shape index (κ3) is 3.92. The van der Waals surface area contributed by atoms with Gasteiger partial charge in [0.25, 0.3) is 5.72 Å². The summed E-state index contributed by atoms with van der Waals surface area (Å²) in [6.07, 6.45) is -4.33. The number of nitrogens with zero attached hydrogens (tertiary/aromatic N) is 2. The van der Waals surface area contributed by atoms with Crippen LogP contribution in [-0.4, -0.2) is 62.4 Å². The van der Waals surface area contributed by atoms with Crippen LogP contribution < -0.4 is 0 Å². The molecule has 1 fully saturated rings. The summed E-state index contributed by atoms with van der Waals surface area (Å²) in [5.41, 5.74) is -4.44. The molecular formula is C17H26N2O10Si. The first kappa shape index (κ1) is 24.1. The van der Waals surface area contributed by atoms with E-state index in [-0.39, 0.29) is 22.3 Å². The number of aromatic hydroxyl groups is 1. The highest BCUT2D eigenvalue weighted by molar-refractivity contribution is 6.74. The summed E-state index contributed by atoms with van der Waals surface area (Å²) in [7, 11) is -2.29. The van der Waals surface area contributed by atoms with Gasteiger partial charge in [-0.15, -0.1) is 5.06 Å². The zero-order valence-corrected chi connectivity index (χ0v) is 18.2. The van der Waals surface area contributed by atoms with Crippen LogP contribution >= 0.6 is 0 Å². The van der Waals surface area contributed by atoms with Gasteiger partial charge >= 0.3 is 11.7 Å². The molecule has 0 saturated carbocycles. The number of hydrogen-bond donors (Lipinski definition) is 5. The summed E-state index contributed by atoms with van der Waals surface area (Å²) in [4.78, 5) is 22.5. The number of rotatable bonds is 6. The standard InChI is InChI=1S/C17H26N2O10Si/c1-16(2,3)30(4,5)28-8-9-6-10(12(20)11(7-9)19(26)27)17(15(23)24)18(25)13(21)14(22)29-17/h6-7,13-14,20-22,25H,8H2,1-5H3,(H,23,24). The molecule has 3 unspecified atom stereocenters. The van der Waals surface area contributed by atoms with E-state index in [0.717, 1.165) is 12.1 Å². The van der Waals surface area contributed by atoms with Gasteiger partial charge in [0.2, 0.25) is 5.75 Å². The molecule has 1 aliphatic rings. The largest absolute Gasteiger partial charge is 0.502 e. The van der Waals surface area contributed by atoms with Crippen molar-refractivity contribution in [3.05, 3.63) is 33.4 Å². The second-order valence-corrected chi connectivity index (χ2v) is 13.3. The first-order valence-corrected chi connectivity index (χ1v) is 11.9. The van der Waals surface area contributed by atoms with Crippen molar-refractivity contribution in [3.8, 4) is 5.75 Å². The number of phenols is 1. The molecule has 1 aliphatic heterocycles. The van der Waals surface area contributed by atoms with Crippen molar-refractivity contribution >= 4 is 20.0 Å². The van der Waals surface area contributed by atoms with E-state index in [4.69, 9.17) is 9.16 Å². The lowest BCUT2D eigenvalue weighted by Crippen LogP contribution is -2.50. The van der Waals surface area contributed by atoms with Gasteiger partial charge in [0.1, 0.15) is 0 Å². The number of aliphatic hydroxyl groups excluding tert-OH is 2. The van der Waals surface area contributed by atoms with Gasteiger partial charge < -0.3 is 34.8 Å². The number of aliphatic carboxylic acids is 1. The Bertz CT molecular complexity index is 856. The Hall–Kier alpha value is -2.13. The van der Waals surface area contributed by atoms with Crippen molar-refractivity contribution in [2.45, 2.75) is 63.8 Å². The fourth-order valence-corrected chi connectivity index (χ4v) is 3.65. The molecule has 0 bridgehead atoms. The quantitative estimate of drug-likeness (QED) is 0.242. The lowest BCUT2D eigenvalue weighted by atomic mass is 9.97. The van der Waals surface area contributed by atoms with E-state index in [9.17, 15) is 40.5 Å². The van der Waals surface area contributed by atoms with E-state index in [1.165, 1.54) is 0 Å². The monoisotopic (exact) mass is 446 g/mol. The second-order valence-electron chi connectivity index (χ2n) is 8.53. The SMILES string of the molecule is CC(C)(C)[Si](C)(C)OCc1cc([N+](=O)[O-])c(O)c(C2(C(=O)O)OC(O)C(O)N2O)c1. The molecule has 0 aromatic heterocycles. The van der Waals surface area contributed by atoms with Gasteiger partial charge in [-0.2, -0.15) is 0 Å². The summed E-state index contributed by atoms with van der Waals surface area (Å²) < 4.78 is 10.9. The Balaban J connectivity index is 2.63. The number of carboxylic acid groups (broad SMARTS) is 1. The maximum atomic E-state index is 12.0. The minimum absolute atomic E-state index is 0.132. The summed E-state index contributed by atoms with van der Waals surface area (Å²) >= 11 is 0. The highest BCUT2D eigenvalue weighted by atomic mass is 28.4. The zero-order chi connectivity index (χ0) is 23.2. The summed E-state index contributed by atoms with van der Waals surface area (Å²) in [6.45, 7) is 9.72. The predicted octanol–water partition coefficient (Wildman–Crippen LogP) is 1.42. The summed E-state index contributed by atoms with van der Waals surface area (Å²) in [5, 5.41) is 60.7. The Morgan fingerprint density at radius 3 is 2.33 bits per heavy atom. The third-order valence-electron chi connectivity index (χ3n) is 5.53. The van der Waals surface area contributed by atoms with Crippen molar-refractivity contribution in [3.63, 3.8) is 0 Å². The fourth-order valence-electron chi connectivity index (χ4n) is 2.69. The Morgan fingerprint density at radius 1 is 1.37 bits per heavy atom. The van der Waals surface area contributed by atoms with Crippen LogP contribution in [0.3, 0.4) is 0 Å². The maximum Gasteiger partial charge on any atom is 0.359 e. The molecule has 1 heterocycles. The smallest absolute Gasteiger partial charge is 0.359 e. The van der Waals surface area contributed by atoms with Gasteiger partial charge in [0.05, 0.1) is 17.1 Å². The van der Waals surface area contributed by atoms with Gasteiger partial charge in [-0.25, -0.2) is 4.79 Å². The molecule has 0 spiro atoms. The van der Waals surface area contributed by atoms with Gasteiger partial charge in [0.15, 0.2) is 20.8 Å².